The van der Waals surface area contributed by atoms with Crippen LogP contribution in [-0.4, -0.2) is 16.2 Å². The molecule has 0 bridgehead atoms. The molecule has 24 heavy (non-hydrogen) atoms. The van der Waals surface area contributed by atoms with E-state index >= 15 is 2.86 Å². The fourth-order valence-electron chi connectivity index (χ4n) is 2.11. The predicted octanol–water partition coefficient (Wildman–Crippen LogP) is 1.08. The summed E-state index contributed by atoms with van der Waals surface area (Å²) in [4.78, 5) is 0. The van der Waals surface area contributed by atoms with E-state index in [2.05, 4.69) is 0 Å². The molecule has 0 spiro atoms. The third kappa shape index (κ3) is 3.18. The number of hydrogen-bond donors (Lipinski definition) is 1. The van der Waals surface area contributed by atoms with Crippen LogP contribution in [0, 0.1) is 14.1 Å². The Kier molecular flexibility index (Phi) is 5.31. The van der Waals surface area contributed by atoms with Gasteiger partial charge in [-0.3, -0.25) is 0 Å². The number of benzene rings is 2. The molecule has 0 aliphatic rings. The second-order valence-electron chi connectivity index (χ2n) is 5.19. The Morgan fingerprint density at radius 2 is 1.42 bits per heavy atom. The Morgan fingerprint density at radius 3 is 1.79 bits per heavy atom. The van der Waals surface area contributed by atoms with E-state index in [0.717, 1.165) is 11.1 Å². The van der Waals surface area contributed by atoms with Gasteiger partial charge < -0.3 is 0 Å². The molecule has 0 heterocycles. The number of alkyl halides is 3. The van der Waals surface area contributed by atoms with E-state index in [1.54, 1.807) is 6.92 Å². The fraction of sp³-hybridized carbons (Fsp3) is 0.250. The van der Waals surface area contributed by atoms with Crippen molar-refractivity contribution in [3.05, 3.63) is 66.8 Å². The van der Waals surface area contributed by atoms with Crippen molar-refractivity contribution in [3.8, 4) is 0 Å². The van der Waals surface area contributed by atoms with Crippen molar-refractivity contribution in [2.75, 3.05) is 0 Å². The summed E-state index contributed by atoms with van der Waals surface area (Å²) in [6.45, 7) is 3.55. The van der Waals surface area contributed by atoms with Crippen LogP contribution in [0.4, 0.5) is 11.6 Å². The number of rotatable bonds is 5. The summed E-state index contributed by atoms with van der Waals surface area (Å²) in [5.74, 6) is 0. The first-order valence-electron chi connectivity index (χ1n) is 7.01. The van der Waals surface area contributed by atoms with Crippen molar-refractivity contribution >= 4 is 10.1 Å². The molecular formula is C16H17F3IO3S-. The van der Waals surface area contributed by atoms with E-state index in [-0.39, 0.29) is 7.14 Å². The van der Waals surface area contributed by atoms with Crippen LogP contribution in [0.5, 0.6) is 0 Å². The van der Waals surface area contributed by atoms with Gasteiger partial charge in [0.25, 0.3) is 0 Å². The minimum absolute atomic E-state index is 0.370. The SMILES string of the molecule is CCc1ccc([I-](F)(c2ccc(C)cc2)C(F)(F)S(=O)(=O)O)cc1. The van der Waals surface area contributed by atoms with Crippen LogP contribution in [0.2, 0.25) is 0 Å². The van der Waals surface area contributed by atoms with E-state index in [1.165, 1.54) is 48.5 Å². The molecule has 0 aromatic heterocycles. The second kappa shape index (κ2) is 6.64. The van der Waals surface area contributed by atoms with Crippen molar-refractivity contribution in [3.63, 3.8) is 0 Å². The van der Waals surface area contributed by atoms with Gasteiger partial charge in [-0.25, -0.2) is 0 Å². The minimum atomic E-state index is -6.15. The Hall–Kier alpha value is -1.13. The summed E-state index contributed by atoms with van der Waals surface area (Å²) in [5.41, 5.74) is 1.53. The zero-order valence-corrected chi connectivity index (χ0v) is 16.0. The van der Waals surface area contributed by atoms with Crippen molar-refractivity contribution < 1.29 is 43.6 Å². The molecule has 0 aliphatic heterocycles. The van der Waals surface area contributed by atoms with Crippen LogP contribution in [0.3, 0.4) is 0 Å². The van der Waals surface area contributed by atoms with Crippen LogP contribution in [-0.2, 0) is 16.5 Å². The molecule has 8 heteroatoms. The molecule has 0 radical (unpaired) electrons. The van der Waals surface area contributed by atoms with E-state index in [4.69, 9.17) is 4.55 Å². The van der Waals surface area contributed by atoms with Gasteiger partial charge in [0, 0.05) is 0 Å². The average Bonchev–Trinajstić information content (AvgIpc) is 2.53. The third-order valence-corrected chi connectivity index (χ3v) is 13.8. The van der Waals surface area contributed by atoms with Crippen LogP contribution >= 0.6 is 0 Å². The van der Waals surface area contributed by atoms with Gasteiger partial charge in [0.2, 0.25) is 0 Å². The third-order valence-electron chi connectivity index (χ3n) is 3.53. The summed E-state index contributed by atoms with van der Waals surface area (Å²) < 4.78 is 70.7. The Bertz CT molecular complexity index is 821. The van der Waals surface area contributed by atoms with Gasteiger partial charge in [0.1, 0.15) is 0 Å². The molecule has 0 aliphatic carbocycles. The van der Waals surface area contributed by atoms with E-state index < -0.39 is 32.4 Å². The first-order valence-corrected chi connectivity index (χ1v) is 12.5. The van der Waals surface area contributed by atoms with Crippen molar-refractivity contribution in [1.29, 1.82) is 0 Å². The predicted molar refractivity (Wildman–Crippen MR) is 82.0 cm³/mol. The van der Waals surface area contributed by atoms with Gasteiger partial charge in [0.05, 0.1) is 0 Å². The maximum absolute atomic E-state index is 15.8. The normalized spacial score (nSPS) is 16.4. The van der Waals surface area contributed by atoms with Crippen LogP contribution < -0.4 is 19.0 Å². The molecule has 2 rings (SSSR count). The molecule has 0 saturated heterocycles. The molecule has 1 N–H and O–H groups in total. The maximum atomic E-state index is 15.8. The van der Waals surface area contributed by atoms with Gasteiger partial charge in [-0.2, -0.15) is 0 Å². The fourth-order valence-corrected chi connectivity index (χ4v) is 10.7. The number of hydrogen-bond acceptors (Lipinski definition) is 2. The molecule has 0 amide bonds. The average molecular weight is 473 g/mol. The Balaban J connectivity index is 2.75. The summed E-state index contributed by atoms with van der Waals surface area (Å²) in [5, 5.41) is 0. The van der Waals surface area contributed by atoms with Gasteiger partial charge >= 0.3 is 144 Å². The Labute approximate surface area is 143 Å². The van der Waals surface area contributed by atoms with Crippen LogP contribution in [0.25, 0.3) is 0 Å². The van der Waals surface area contributed by atoms with E-state index in [0.29, 0.717) is 6.42 Å². The zero-order chi connectivity index (χ0) is 18.2. The van der Waals surface area contributed by atoms with Crippen LogP contribution in [0.15, 0.2) is 48.5 Å². The van der Waals surface area contributed by atoms with Crippen molar-refractivity contribution in [2.24, 2.45) is 0 Å². The molecular weight excluding hydrogens is 456 g/mol. The number of halogens is 4. The molecule has 1 atom stereocenters. The van der Waals surface area contributed by atoms with Crippen molar-refractivity contribution in [1.82, 2.24) is 0 Å². The summed E-state index contributed by atoms with van der Waals surface area (Å²) in [6, 6.07) is 10.6. The van der Waals surface area contributed by atoms with Gasteiger partial charge in [-0.1, -0.05) is 0 Å². The van der Waals surface area contributed by atoms with Gasteiger partial charge in [0.15, 0.2) is 0 Å². The molecule has 0 fully saturated rings. The summed E-state index contributed by atoms with van der Waals surface area (Å²) in [7, 11) is -5.91. The number of aryl methyl sites for hydroxylation is 2. The first kappa shape index (κ1) is 19.2. The van der Waals surface area contributed by atoms with Crippen LogP contribution in [0.1, 0.15) is 18.1 Å². The van der Waals surface area contributed by atoms with Gasteiger partial charge in [-0.15, -0.1) is 0 Å². The summed E-state index contributed by atoms with van der Waals surface area (Å²) in [6.07, 6.45) is 0.630. The molecule has 3 nitrogen and oxygen atoms in total. The molecule has 134 valence electrons. The standard InChI is InChI=1S/C16H17F3IO3S/c1-3-13-6-10-15(11-7-13)20(19,16(17,18)24(21,22)23)14-8-4-12(2)5-9-14/h4-11H,3H2,1-2H3,(H,21,22,23)/q-1. The van der Waals surface area contributed by atoms with Crippen molar-refractivity contribution in [2.45, 2.75) is 23.5 Å². The Morgan fingerprint density at radius 1 is 1.00 bits per heavy atom. The zero-order valence-electron chi connectivity index (χ0n) is 13.0. The molecule has 1 unspecified atom stereocenters. The first-order chi connectivity index (χ1) is 11.0. The van der Waals surface area contributed by atoms with E-state index in [1.807, 2.05) is 6.92 Å². The van der Waals surface area contributed by atoms with E-state index in [9.17, 15) is 17.2 Å². The quantitative estimate of drug-likeness (QED) is 0.402. The summed E-state index contributed by atoms with van der Waals surface area (Å²) >= 11 is -6.15. The monoisotopic (exact) mass is 473 g/mol. The molecule has 0 saturated carbocycles. The molecule has 2 aromatic carbocycles. The topological polar surface area (TPSA) is 54.4 Å². The van der Waals surface area contributed by atoms with Gasteiger partial charge in [-0.05, 0) is 0 Å². The second-order valence-corrected chi connectivity index (χ2v) is 14.1. The molecule has 2 aromatic rings.